The Kier molecular flexibility index (Phi) is 7.19. The van der Waals surface area contributed by atoms with Crippen molar-refractivity contribution in [2.75, 3.05) is 12.3 Å². The Labute approximate surface area is 192 Å². The van der Waals surface area contributed by atoms with Crippen LogP contribution in [0.2, 0.25) is 22.2 Å². The SMILES string of the molecule is C=C1[C@@H]2O[Si](C(C)C)(C(C)C)O[Si](C(C)C)(C(C)C)OC[C@H]2O[C@@H]1n1cnc(N)nc1=O. The third-order valence-corrected chi connectivity index (χ3v) is 16.9. The molecule has 0 aromatic carbocycles. The number of anilines is 1. The molecule has 2 aliphatic rings. The van der Waals surface area contributed by atoms with E-state index in [9.17, 15) is 4.79 Å². The van der Waals surface area contributed by atoms with Gasteiger partial charge in [-0.05, 0) is 22.2 Å². The number of nitrogens with two attached hydrogens (primary N) is 1. The second kappa shape index (κ2) is 9.11. The number of hydrogen-bond donors (Lipinski definition) is 1. The highest BCUT2D eigenvalue weighted by Crippen LogP contribution is 2.48. The predicted molar refractivity (Wildman–Crippen MR) is 128 cm³/mol. The van der Waals surface area contributed by atoms with Crippen LogP contribution >= 0.6 is 0 Å². The highest BCUT2D eigenvalue weighted by atomic mass is 28.5. The van der Waals surface area contributed by atoms with E-state index in [0.29, 0.717) is 12.2 Å². The van der Waals surface area contributed by atoms with E-state index in [1.54, 1.807) is 0 Å². The van der Waals surface area contributed by atoms with Gasteiger partial charge in [0.2, 0.25) is 5.95 Å². The van der Waals surface area contributed by atoms with Crippen molar-refractivity contribution in [2.24, 2.45) is 0 Å². The molecule has 0 radical (unpaired) electrons. The number of rotatable bonds is 5. The maximum atomic E-state index is 12.5. The van der Waals surface area contributed by atoms with Gasteiger partial charge in [0.05, 0.1) is 6.61 Å². The van der Waals surface area contributed by atoms with Gasteiger partial charge < -0.3 is 23.4 Å². The number of hydrogen-bond acceptors (Lipinski definition) is 8. The van der Waals surface area contributed by atoms with E-state index < -0.39 is 41.2 Å². The number of fused-ring (bicyclic) bond motifs is 1. The molecule has 0 unspecified atom stereocenters. The Bertz CT molecular complexity index is 888. The van der Waals surface area contributed by atoms with Gasteiger partial charge in [-0.3, -0.25) is 4.57 Å². The van der Waals surface area contributed by atoms with Crippen molar-refractivity contribution >= 4 is 23.1 Å². The summed E-state index contributed by atoms with van der Waals surface area (Å²) >= 11 is 0. The molecule has 3 rings (SSSR count). The molecule has 180 valence electrons. The summed E-state index contributed by atoms with van der Waals surface area (Å²) in [7, 11) is -5.47. The fraction of sp³-hybridized carbons (Fsp3) is 0.762. The minimum atomic E-state index is -2.80. The van der Waals surface area contributed by atoms with E-state index in [1.165, 1.54) is 10.9 Å². The molecule has 2 N–H and O–H groups in total. The molecule has 2 fully saturated rings. The lowest BCUT2D eigenvalue weighted by Crippen LogP contribution is -2.65. The first-order chi connectivity index (χ1) is 14.9. The standard InChI is InChI=1S/C21H38N4O5Si2/c1-12(2)31(13(3)4)27-10-17-18(29-32(30-31,14(5)6)15(7)8)16(9)19(28-17)25-11-23-20(22)24-21(25)26/h11-15,17-19H,9-10H2,1-8H3,(H2,22,24,26)/t17-,18+,19+/m1/s1. The molecule has 1 aromatic rings. The maximum Gasteiger partial charge on any atom is 0.354 e. The summed E-state index contributed by atoms with van der Waals surface area (Å²) in [6.45, 7) is 21.9. The lowest BCUT2D eigenvalue weighted by Gasteiger charge is -2.51. The smallest absolute Gasteiger partial charge is 0.354 e. The summed E-state index contributed by atoms with van der Waals surface area (Å²) < 4.78 is 28.5. The molecule has 2 aliphatic heterocycles. The molecule has 11 heteroatoms. The summed E-state index contributed by atoms with van der Waals surface area (Å²) in [5.74, 6) is -0.0791. The molecule has 2 saturated heterocycles. The molecule has 0 saturated carbocycles. The zero-order valence-electron chi connectivity index (χ0n) is 20.5. The molecule has 0 bridgehead atoms. The normalized spacial score (nSPS) is 27.8. The van der Waals surface area contributed by atoms with Gasteiger partial charge in [0, 0.05) is 5.57 Å². The molecule has 9 nitrogen and oxygen atoms in total. The minimum absolute atomic E-state index is 0.0791. The third kappa shape index (κ3) is 4.14. The Balaban J connectivity index is 2.08. The monoisotopic (exact) mass is 482 g/mol. The van der Waals surface area contributed by atoms with Crippen LogP contribution in [0.1, 0.15) is 61.6 Å². The van der Waals surface area contributed by atoms with Crippen LogP contribution in [-0.2, 0) is 17.7 Å². The Morgan fingerprint density at radius 1 is 1.06 bits per heavy atom. The molecule has 1 aromatic heterocycles. The van der Waals surface area contributed by atoms with E-state index in [4.69, 9.17) is 23.4 Å². The number of nitrogen functional groups attached to an aromatic ring is 1. The van der Waals surface area contributed by atoms with Crippen molar-refractivity contribution in [3.05, 3.63) is 29.0 Å². The summed E-state index contributed by atoms with van der Waals surface area (Å²) in [5, 5.41) is 0. The highest BCUT2D eigenvalue weighted by molar-refractivity contribution is 6.84. The molecule has 0 amide bonds. The van der Waals surface area contributed by atoms with Crippen molar-refractivity contribution in [3.63, 3.8) is 0 Å². The zero-order chi connectivity index (χ0) is 24.0. The van der Waals surface area contributed by atoms with Crippen LogP contribution in [-0.4, -0.2) is 50.5 Å². The molecule has 32 heavy (non-hydrogen) atoms. The van der Waals surface area contributed by atoms with Gasteiger partial charge in [0.15, 0.2) is 6.23 Å². The lowest BCUT2D eigenvalue weighted by atomic mass is 10.1. The maximum absolute atomic E-state index is 12.5. The zero-order valence-corrected chi connectivity index (χ0v) is 22.5. The average Bonchev–Trinajstić information content (AvgIpc) is 2.96. The van der Waals surface area contributed by atoms with Crippen LogP contribution in [0, 0.1) is 0 Å². The van der Waals surface area contributed by atoms with Crippen LogP contribution in [0.3, 0.4) is 0 Å². The van der Waals surface area contributed by atoms with Crippen LogP contribution in [0.5, 0.6) is 0 Å². The highest BCUT2D eigenvalue weighted by Gasteiger charge is 2.60. The van der Waals surface area contributed by atoms with Crippen molar-refractivity contribution in [1.29, 1.82) is 0 Å². The van der Waals surface area contributed by atoms with Crippen molar-refractivity contribution in [2.45, 2.75) is 96.0 Å². The van der Waals surface area contributed by atoms with E-state index in [2.05, 4.69) is 71.9 Å². The fourth-order valence-corrected chi connectivity index (χ4v) is 16.1. The van der Waals surface area contributed by atoms with E-state index in [0.717, 1.165) is 0 Å². The first-order valence-electron chi connectivity index (χ1n) is 11.4. The van der Waals surface area contributed by atoms with Gasteiger partial charge in [-0.15, -0.1) is 0 Å². The van der Waals surface area contributed by atoms with E-state index in [-0.39, 0.29) is 28.1 Å². The minimum Gasteiger partial charge on any atom is -0.414 e. The predicted octanol–water partition coefficient (Wildman–Crippen LogP) is 3.63. The first kappa shape index (κ1) is 25.3. The number of ether oxygens (including phenoxy) is 1. The average molecular weight is 483 g/mol. The molecular formula is C21H38N4O5Si2. The largest absolute Gasteiger partial charge is 0.414 e. The molecule has 3 atom stereocenters. The topological polar surface area (TPSA) is 111 Å². The second-order valence-corrected chi connectivity index (χ2v) is 18.9. The summed E-state index contributed by atoms with van der Waals surface area (Å²) in [4.78, 5) is 20.2. The second-order valence-electron chi connectivity index (χ2n) is 10.0. The Morgan fingerprint density at radius 3 is 2.12 bits per heavy atom. The van der Waals surface area contributed by atoms with E-state index in [1.807, 2.05) is 0 Å². The van der Waals surface area contributed by atoms with Gasteiger partial charge >= 0.3 is 22.8 Å². The van der Waals surface area contributed by atoms with Gasteiger partial charge in [-0.2, -0.15) is 4.98 Å². The van der Waals surface area contributed by atoms with E-state index >= 15 is 0 Å². The van der Waals surface area contributed by atoms with Crippen molar-refractivity contribution in [1.82, 2.24) is 14.5 Å². The summed E-state index contributed by atoms with van der Waals surface area (Å²) in [5.41, 5.74) is 6.49. The summed E-state index contributed by atoms with van der Waals surface area (Å²) in [6, 6.07) is 0. The fourth-order valence-electron chi connectivity index (χ4n) is 4.87. The number of aromatic nitrogens is 3. The van der Waals surface area contributed by atoms with Crippen molar-refractivity contribution < 1.29 is 17.7 Å². The number of nitrogens with zero attached hydrogens (tertiary/aromatic N) is 3. The molecule has 3 heterocycles. The van der Waals surface area contributed by atoms with Gasteiger partial charge in [-0.1, -0.05) is 62.0 Å². The lowest BCUT2D eigenvalue weighted by molar-refractivity contribution is -0.0563. The Morgan fingerprint density at radius 2 is 1.62 bits per heavy atom. The Hall–Kier alpha value is -1.38. The third-order valence-electron chi connectivity index (χ3n) is 6.64. The van der Waals surface area contributed by atoms with Gasteiger partial charge in [-0.25, -0.2) is 9.78 Å². The molecule has 0 spiro atoms. The summed E-state index contributed by atoms with van der Waals surface area (Å²) in [6.07, 6.45) is -0.268. The van der Waals surface area contributed by atoms with Gasteiger partial charge in [0.25, 0.3) is 0 Å². The van der Waals surface area contributed by atoms with Crippen LogP contribution in [0.15, 0.2) is 23.3 Å². The van der Waals surface area contributed by atoms with Crippen molar-refractivity contribution in [3.8, 4) is 0 Å². The molecular weight excluding hydrogens is 444 g/mol. The van der Waals surface area contributed by atoms with Crippen LogP contribution < -0.4 is 11.4 Å². The molecule has 0 aliphatic carbocycles. The first-order valence-corrected chi connectivity index (χ1v) is 15.4. The quantitative estimate of drug-likeness (QED) is 0.500. The van der Waals surface area contributed by atoms with Gasteiger partial charge in [0.1, 0.15) is 18.5 Å². The van der Waals surface area contributed by atoms with Crippen LogP contribution in [0.25, 0.3) is 0 Å². The van der Waals surface area contributed by atoms with Crippen LogP contribution in [0.4, 0.5) is 5.95 Å².